The van der Waals surface area contributed by atoms with Crippen molar-refractivity contribution in [2.45, 2.75) is 26.8 Å². The van der Waals surface area contributed by atoms with Gasteiger partial charge in [-0.25, -0.2) is 0 Å². The molecular weight excluding hydrogens is 312 g/mol. The van der Waals surface area contributed by atoms with Crippen LogP contribution >= 0.6 is 0 Å². The van der Waals surface area contributed by atoms with Gasteiger partial charge in [0.2, 0.25) is 0 Å². The summed E-state index contributed by atoms with van der Waals surface area (Å²) in [5, 5.41) is 18.3. The minimum absolute atomic E-state index is 0.0367. The Labute approximate surface area is 139 Å². The van der Waals surface area contributed by atoms with Crippen LogP contribution in [0.1, 0.15) is 40.3 Å². The molecule has 1 aromatic carbocycles. The van der Waals surface area contributed by atoms with Gasteiger partial charge in [0.05, 0.1) is 23.8 Å². The summed E-state index contributed by atoms with van der Waals surface area (Å²) < 4.78 is 6.79. The highest BCUT2D eigenvalue weighted by molar-refractivity contribution is 5.98. The first-order chi connectivity index (χ1) is 11.3. The van der Waals surface area contributed by atoms with Gasteiger partial charge < -0.3 is 10.1 Å². The molecule has 0 spiro atoms. The lowest BCUT2D eigenvalue weighted by Gasteiger charge is -2.15. The van der Waals surface area contributed by atoms with Crippen LogP contribution in [0, 0.1) is 24.0 Å². The van der Waals surface area contributed by atoms with E-state index in [1.807, 2.05) is 27.8 Å². The van der Waals surface area contributed by atoms with Gasteiger partial charge in [0.15, 0.2) is 0 Å². The predicted molar refractivity (Wildman–Crippen MR) is 88.2 cm³/mol. The van der Waals surface area contributed by atoms with Gasteiger partial charge in [0, 0.05) is 24.4 Å². The van der Waals surface area contributed by atoms with E-state index in [4.69, 9.17) is 4.74 Å². The minimum atomic E-state index is -0.584. The summed E-state index contributed by atoms with van der Waals surface area (Å²) in [6.45, 7) is 5.59. The van der Waals surface area contributed by atoms with Gasteiger partial charge in [-0.05, 0) is 32.9 Å². The number of carbonyl (C=O) groups excluding carboxylic acids is 1. The van der Waals surface area contributed by atoms with E-state index in [1.54, 1.807) is 4.68 Å². The van der Waals surface area contributed by atoms with Crippen LogP contribution in [0.2, 0.25) is 0 Å². The highest BCUT2D eigenvalue weighted by Crippen LogP contribution is 2.26. The molecule has 0 saturated carbocycles. The van der Waals surface area contributed by atoms with Crippen molar-refractivity contribution in [1.82, 2.24) is 15.1 Å². The maximum absolute atomic E-state index is 12.6. The first-order valence-corrected chi connectivity index (χ1v) is 7.39. The number of hydrogen-bond acceptors (Lipinski definition) is 5. The van der Waals surface area contributed by atoms with Gasteiger partial charge in [-0.15, -0.1) is 0 Å². The van der Waals surface area contributed by atoms with Crippen molar-refractivity contribution in [1.29, 1.82) is 0 Å². The van der Waals surface area contributed by atoms with Crippen molar-refractivity contribution in [2.24, 2.45) is 7.05 Å². The Morgan fingerprint density at radius 3 is 2.58 bits per heavy atom. The second kappa shape index (κ2) is 6.69. The first kappa shape index (κ1) is 17.5. The third kappa shape index (κ3) is 3.22. The number of aromatic nitrogens is 2. The highest BCUT2D eigenvalue weighted by atomic mass is 16.6. The maximum Gasteiger partial charge on any atom is 0.282 e. The molecule has 1 aromatic heterocycles. The zero-order chi connectivity index (χ0) is 18.0. The second-order valence-electron chi connectivity index (χ2n) is 5.54. The van der Waals surface area contributed by atoms with Gasteiger partial charge in [0.25, 0.3) is 11.6 Å². The van der Waals surface area contributed by atoms with Crippen molar-refractivity contribution in [3.8, 4) is 5.75 Å². The Hall–Kier alpha value is -2.90. The zero-order valence-electron chi connectivity index (χ0n) is 14.3. The van der Waals surface area contributed by atoms with E-state index in [0.29, 0.717) is 5.75 Å². The Kier molecular flexibility index (Phi) is 4.87. The van der Waals surface area contributed by atoms with Gasteiger partial charge in [-0.2, -0.15) is 5.10 Å². The molecule has 1 N–H and O–H groups in total. The standard InChI is InChI=1S/C16H20N4O4/c1-9(15-10(2)18-19(4)11(15)3)17-16(21)13-8-12(24-5)6-7-14(13)20(22)23/h6-9H,1-5H3,(H,17,21)/t9-/m0/s1. The molecular formula is C16H20N4O4. The number of nitro benzene ring substituents is 1. The lowest BCUT2D eigenvalue weighted by atomic mass is 10.1. The van der Waals surface area contributed by atoms with E-state index in [9.17, 15) is 14.9 Å². The van der Waals surface area contributed by atoms with Crippen LogP contribution in [0.3, 0.4) is 0 Å². The second-order valence-corrected chi connectivity index (χ2v) is 5.54. The number of benzene rings is 1. The van der Waals surface area contributed by atoms with Crippen molar-refractivity contribution in [2.75, 3.05) is 7.11 Å². The number of methoxy groups -OCH3 is 1. The molecule has 0 radical (unpaired) electrons. The molecule has 0 saturated heterocycles. The normalized spacial score (nSPS) is 11.9. The number of hydrogen-bond donors (Lipinski definition) is 1. The van der Waals surface area contributed by atoms with E-state index < -0.39 is 10.8 Å². The molecule has 128 valence electrons. The molecule has 1 amide bonds. The van der Waals surface area contributed by atoms with Crippen LogP contribution in [0.15, 0.2) is 18.2 Å². The number of nitrogens with zero attached hydrogens (tertiary/aromatic N) is 3. The first-order valence-electron chi connectivity index (χ1n) is 7.39. The Bertz CT molecular complexity index is 798. The minimum Gasteiger partial charge on any atom is -0.497 e. The summed E-state index contributed by atoms with van der Waals surface area (Å²) >= 11 is 0. The molecule has 1 heterocycles. The largest absolute Gasteiger partial charge is 0.497 e. The molecule has 0 bridgehead atoms. The summed E-state index contributed by atoms with van der Waals surface area (Å²) in [6.07, 6.45) is 0. The molecule has 0 aliphatic heterocycles. The molecule has 0 aliphatic carbocycles. The fraction of sp³-hybridized carbons (Fsp3) is 0.375. The quantitative estimate of drug-likeness (QED) is 0.669. The van der Waals surface area contributed by atoms with Crippen LogP contribution < -0.4 is 10.1 Å². The van der Waals surface area contributed by atoms with Gasteiger partial charge in [0.1, 0.15) is 11.3 Å². The van der Waals surface area contributed by atoms with Crippen molar-refractivity contribution in [3.63, 3.8) is 0 Å². The number of nitrogens with one attached hydrogen (secondary N) is 1. The van der Waals surface area contributed by atoms with Gasteiger partial charge >= 0.3 is 0 Å². The fourth-order valence-electron chi connectivity index (χ4n) is 2.75. The molecule has 0 unspecified atom stereocenters. The Morgan fingerprint density at radius 1 is 1.42 bits per heavy atom. The molecule has 1 atom stereocenters. The summed E-state index contributed by atoms with van der Waals surface area (Å²) in [5.74, 6) is -0.150. The molecule has 0 fully saturated rings. The van der Waals surface area contributed by atoms with E-state index in [2.05, 4.69) is 10.4 Å². The number of carbonyl (C=O) groups is 1. The number of amides is 1. The smallest absolute Gasteiger partial charge is 0.282 e. The van der Waals surface area contributed by atoms with E-state index in [0.717, 1.165) is 17.0 Å². The average molecular weight is 332 g/mol. The Morgan fingerprint density at radius 2 is 2.08 bits per heavy atom. The maximum atomic E-state index is 12.6. The number of ether oxygens (including phenoxy) is 1. The molecule has 2 rings (SSSR count). The van der Waals surface area contributed by atoms with E-state index >= 15 is 0 Å². The van der Waals surface area contributed by atoms with E-state index in [1.165, 1.54) is 25.3 Å². The van der Waals surface area contributed by atoms with Crippen LogP contribution in [0.5, 0.6) is 5.75 Å². The van der Waals surface area contributed by atoms with Crippen LogP contribution in [0.4, 0.5) is 5.69 Å². The highest BCUT2D eigenvalue weighted by Gasteiger charge is 2.24. The summed E-state index contributed by atoms with van der Waals surface area (Å²) in [6, 6.07) is 3.74. The van der Waals surface area contributed by atoms with Crippen LogP contribution in [-0.2, 0) is 7.05 Å². The summed E-state index contributed by atoms with van der Waals surface area (Å²) in [4.78, 5) is 23.1. The lowest BCUT2D eigenvalue weighted by molar-refractivity contribution is -0.385. The summed E-state index contributed by atoms with van der Waals surface area (Å²) in [7, 11) is 3.26. The number of nitro groups is 1. The summed E-state index contributed by atoms with van der Waals surface area (Å²) in [5.41, 5.74) is 2.34. The fourth-order valence-corrected chi connectivity index (χ4v) is 2.75. The lowest BCUT2D eigenvalue weighted by Crippen LogP contribution is -2.28. The van der Waals surface area contributed by atoms with Gasteiger partial charge in [-0.1, -0.05) is 0 Å². The zero-order valence-corrected chi connectivity index (χ0v) is 14.3. The van der Waals surface area contributed by atoms with E-state index in [-0.39, 0.29) is 17.3 Å². The van der Waals surface area contributed by atoms with Crippen LogP contribution in [-0.4, -0.2) is 27.7 Å². The molecule has 0 aliphatic rings. The predicted octanol–water partition coefficient (Wildman–Crippen LogP) is 2.44. The molecule has 8 heteroatoms. The third-order valence-corrected chi connectivity index (χ3v) is 3.99. The number of rotatable bonds is 5. The molecule has 2 aromatic rings. The number of aryl methyl sites for hydroxylation is 2. The van der Waals surface area contributed by atoms with Crippen molar-refractivity contribution < 1.29 is 14.5 Å². The average Bonchev–Trinajstić information content (AvgIpc) is 2.79. The SMILES string of the molecule is COc1ccc([N+](=O)[O-])c(C(=O)N[C@@H](C)c2c(C)nn(C)c2C)c1. The molecule has 8 nitrogen and oxygen atoms in total. The van der Waals surface area contributed by atoms with Crippen LogP contribution in [0.25, 0.3) is 0 Å². The van der Waals surface area contributed by atoms with Crippen molar-refractivity contribution in [3.05, 3.63) is 50.8 Å². The third-order valence-electron chi connectivity index (χ3n) is 3.99. The van der Waals surface area contributed by atoms with Gasteiger partial charge in [-0.3, -0.25) is 19.6 Å². The Balaban J connectivity index is 2.34. The monoisotopic (exact) mass is 332 g/mol. The van der Waals surface area contributed by atoms with Crippen molar-refractivity contribution >= 4 is 11.6 Å². The molecule has 24 heavy (non-hydrogen) atoms. The topological polar surface area (TPSA) is 99.3 Å².